The Labute approximate surface area is 147 Å². The van der Waals surface area contributed by atoms with Crippen LogP contribution in [-0.4, -0.2) is 28.0 Å². The van der Waals surface area contributed by atoms with Gasteiger partial charge in [0.05, 0.1) is 7.11 Å². The first-order valence-electron chi connectivity index (χ1n) is 7.72. The van der Waals surface area contributed by atoms with Gasteiger partial charge in [-0.25, -0.2) is 13.1 Å². The van der Waals surface area contributed by atoms with Crippen molar-refractivity contribution in [2.24, 2.45) is 0 Å². The van der Waals surface area contributed by atoms with Crippen molar-refractivity contribution < 1.29 is 23.1 Å². The summed E-state index contributed by atoms with van der Waals surface area (Å²) in [6.45, 7) is 1.72. The third-order valence-corrected chi connectivity index (χ3v) is 5.26. The van der Waals surface area contributed by atoms with Crippen molar-refractivity contribution in [1.82, 2.24) is 4.72 Å². The number of benzene rings is 2. The standard InChI is InChI=1S/C18H21NO5S/c1-13-8-9-16(24-2)17(10-13)25(22,23)19-12-15(11-18(20)21)14-6-4-3-5-7-14/h3-10,15,19H,11-12H2,1-2H3,(H,20,21)/p-1. The van der Waals surface area contributed by atoms with Crippen molar-refractivity contribution in [1.29, 1.82) is 0 Å². The fraction of sp³-hybridized carbons (Fsp3) is 0.278. The number of carboxylic acid groups (broad SMARTS) is 1. The lowest BCUT2D eigenvalue weighted by molar-refractivity contribution is -0.306. The lowest BCUT2D eigenvalue weighted by Crippen LogP contribution is -2.32. The Kier molecular flexibility index (Phi) is 6.17. The fourth-order valence-electron chi connectivity index (χ4n) is 2.52. The van der Waals surface area contributed by atoms with Crippen molar-refractivity contribution in [2.75, 3.05) is 13.7 Å². The predicted octanol–water partition coefficient (Wildman–Crippen LogP) is 1.21. The number of carbonyl (C=O) groups is 1. The highest BCUT2D eigenvalue weighted by atomic mass is 32.2. The average molecular weight is 362 g/mol. The van der Waals surface area contributed by atoms with E-state index in [9.17, 15) is 18.3 Å². The van der Waals surface area contributed by atoms with Gasteiger partial charge in [0.1, 0.15) is 10.6 Å². The molecule has 0 aliphatic rings. The molecule has 6 nitrogen and oxygen atoms in total. The molecule has 25 heavy (non-hydrogen) atoms. The van der Waals surface area contributed by atoms with E-state index in [1.54, 1.807) is 49.4 Å². The van der Waals surface area contributed by atoms with Crippen LogP contribution in [0.3, 0.4) is 0 Å². The highest BCUT2D eigenvalue weighted by Crippen LogP contribution is 2.25. The van der Waals surface area contributed by atoms with E-state index < -0.39 is 21.9 Å². The van der Waals surface area contributed by atoms with Gasteiger partial charge in [0.15, 0.2) is 0 Å². The molecule has 0 heterocycles. The number of nitrogens with one attached hydrogen (secondary N) is 1. The summed E-state index contributed by atoms with van der Waals surface area (Å²) in [7, 11) is -2.46. The van der Waals surface area contributed by atoms with Gasteiger partial charge >= 0.3 is 0 Å². The van der Waals surface area contributed by atoms with E-state index in [0.717, 1.165) is 11.1 Å². The molecular weight excluding hydrogens is 342 g/mol. The lowest BCUT2D eigenvalue weighted by Gasteiger charge is -2.19. The van der Waals surface area contributed by atoms with Gasteiger partial charge in [0.2, 0.25) is 10.0 Å². The molecule has 0 radical (unpaired) electrons. The summed E-state index contributed by atoms with van der Waals surface area (Å²) < 4.78 is 32.9. The highest BCUT2D eigenvalue weighted by Gasteiger charge is 2.22. The molecule has 1 atom stereocenters. The maximum atomic E-state index is 12.6. The van der Waals surface area contributed by atoms with Gasteiger partial charge in [0.25, 0.3) is 0 Å². The van der Waals surface area contributed by atoms with Crippen LogP contribution < -0.4 is 14.6 Å². The van der Waals surface area contributed by atoms with E-state index in [4.69, 9.17) is 4.74 Å². The normalized spacial score (nSPS) is 12.6. The summed E-state index contributed by atoms with van der Waals surface area (Å²) in [5.74, 6) is -1.53. The summed E-state index contributed by atoms with van der Waals surface area (Å²) in [6.07, 6.45) is -0.280. The van der Waals surface area contributed by atoms with Crippen LogP contribution in [0.2, 0.25) is 0 Å². The van der Waals surface area contributed by atoms with Crippen molar-refractivity contribution >= 4 is 16.0 Å². The number of hydrogen-bond acceptors (Lipinski definition) is 5. The van der Waals surface area contributed by atoms with E-state index in [1.165, 1.54) is 13.2 Å². The minimum absolute atomic E-state index is 0.0234. The number of rotatable bonds is 8. The molecule has 0 spiro atoms. The molecule has 1 N–H and O–H groups in total. The third kappa shape index (κ3) is 5.04. The second kappa shape index (κ2) is 8.13. The molecule has 2 aromatic carbocycles. The zero-order valence-corrected chi connectivity index (χ0v) is 14.9. The highest BCUT2D eigenvalue weighted by molar-refractivity contribution is 7.89. The van der Waals surface area contributed by atoms with E-state index in [2.05, 4.69) is 4.72 Å². The molecule has 2 rings (SSSR count). The first-order chi connectivity index (χ1) is 11.8. The van der Waals surface area contributed by atoms with Crippen molar-refractivity contribution in [3.8, 4) is 5.75 Å². The van der Waals surface area contributed by atoms with Crippen LogP contribution in [0.5, 0.6) is 5.75 Å². The van der Waals surface area contributed by atoms with Crippen LogP contribution in [0.25, 0.3) is 0 Å². The van der Waals surface area contributed by atoms with E-state index in [1.807, 2.05) is 0 Å². The van der Waals surface area contributed by atoms with Crippen molar-refractivity contribution in [2.45, 2.75) is 24.2 Å². The summed E-state index contributed by atoms with van der Waals surface area (Å²) in [4.78, 5) is 11.0. The average Bonchev–Trinajstić information content (AvgIpc) is 2.59. The molecule has 0 saturated heterocycles. The molecule has 0 amide bonds. The number of sulfonamides is 1. The Morgan fingerprint density at radius 3 is 2.48 bits per heavy atom. The maximum absolute atomic E-state index is 12.6. The predicted molar refractivity (Wildman–Crippen MR) is 91.7 cm³/mol. The molecule has 0 fully saturated rings. The number of methoxy groups -OCH3 is 1. The number of carbonyl (C=O) groups excluding carboxylic acids is 1. The van der Waals surface area contributed by atoms with E-state index in [0.29, 0.717) is 0 Å². The van der Waals surface area contributed by atoms with Crippen molar-refractivity contribution in [3.05, 3.63) is 59.7 Å². The summed E-state index contributed by atoms with van der Waals surface area (Å²) >= 11 is 0. The topological polar surface area (TPSA) is 95.5 Å². The van der Waals surface area contributed by atoms with Gasteiger partial charge in [-0.15, -0.1) is 0 Å². The number of aliphatic carboxylic acids is 1. The maximum Gasteiger partial charge on any atom is 0.244 e. The van der Waals surface area contributed by atoms with Gasteiger partial charge in [0, 0.05) is 18.4 Å². The summed E-state index contributed by atoms with van der Waals surface area (Å²) in [5, 5.41) is 11.0. The van der Waals surface area contributed by atoms with E-state index >= 15 is 0 Å². The first kappa shape index (κ1) is 19.0. The second-order valence-electron chi connectivity index (χ2n) is 5.69. The Hall–Kier alpha value is -2.38. The molecule has 0 aliphatic heterocycles. The van der Waals surface area contributed by atoms with Gasteiger partial charge in [-0.3, -0.25) is 0 Å². The minimum Gasteiger partial charge on any atom is -0.550 e. The fourth-order valence-corrected chi connectivity index (χ4v) is 3.85. The zero-order valence-electron chi connectivity index (χ0n) is 14.1. The molecule has 7 heteroatoms. The van der Waals surface area contributed by atoms with Crippen LogP contribution in [0.1, 0.15) is 23.5 Å². The number of ether oxygens (including phenoxy) is 1. The zero-order chi connectivity index (χ0) is 18.4. The number of hydrogen-bond donors (Lipinski definition) is 1. The third-order valence-electron chi connectivity index (χ3n) is 3.81. The number of aryl methyl sites for hydroxylation is 1. The molecule has 0 aromatic heterocycles. The minimum atomic E-state index is -3.85. The van der Waals surface area contributed by atoms with Crippen LogP contribution in [0, 0.1) is 6.92 Å². The Morgan fingerprint density at radius 1 is 1.20 bits per heavy atom. The Balaban J connectivity index is 2.24. The summed E-state index contributed by atoms with van der Waals surface area (Å²) in [5.41, 5.74) is 1.50. The molecule has 2 aromatic rings. The van der Waals surface area contributed by atoms with Crippen LogP contribution in [0.15, 0.2) is 53.4 Å². The molecule has 1 unspecified atom stereocenters. The monoisotopic (exact) mass is 362 g/mol. The quantitative estimate of drug-likeness (QED) is 0.761. The van der Waals surface area contributed by atoms with Gasteiger partial charge < -0.3 is 14.6 Å². The first-order valence-corrected chi connectivity index (χ1v) is 9.21. The van der Waals surface area contributed by atoms with Gasteiger partial charge in [-0.2, -0.15) is 0 Å². The Bertz CT molecular complexity index is 834. The largest absolute Gasteiger partial charge is 0.550 e. The molecular formula is C18H20NO5S-. The van der Waals surface area contributed by atoms with Crippen LogP contribution >= 0.6 is 0 Å². The number of carboxylic acids is 1. The van der Waals surface area contributed by atoms with Crippen LogP contribution in [0.4, 0.5) is 0 Å². The van der Waals surface area contributed by atoms with Gasteiger partial charge in [-0.05, 0) is 36.6 Å². The molecule has 0 bridgehead atoms. The van der Waals surface area contributed by atoms with Crippen LogP contribution in [-0.2, 0) is 14.8 Å². The smallest absolute Gasteiger partial charge is 0.244 e. The lowest BCUT2D eigenvalue weighted by atomic mass is 9.96. The second-order valence-corrected chi connectivity index (χ2v) is 7.43. The molecule has 134 valence electrons. The SMILES string of the molecule is COc1ccc(C)cc1S(=O)(=O)NCC(CC(=O)[O-])c1ccccc1. The van der Waals surface area contributed by atoms with Crippen molar-refractivity contribution in [3.63, 3.8) is 0 Å². The Morgan fingerprint density at radius 2 is 1.88 bits per heavy atom. The molecule has 0 saturated carbocycles. The van der Waals surface area contributed by atoms with E-state index in [-0.39, 0.29) is 23.6 Å². The molecule has 0 aliphatic carbocycles. The summed E-state index contributed by atoms with van der Waals surface area (Å²) in [6, 6.07) is 13.7. The van der Waals surface area contributed by atoms with Gasteiger partial charge in [-0.1, -0.05) is 36.4 Å².